The molecule has 2 amide bonds. The van der Waals surface area contributed by atoms with Gasteiger partial charge in [-0.25, -0.2) is 9.59 Å². The average Bonchev–Trinajstić information content (AvgIpc) is 2.60. The number of nitrogens with one attached hydrogen (secondary N) is 2. The molecular weight excluding hydrogens is 316 g/mol. The lowest BCUT2D eigenvalue weighted by Gasteiger charge is -2.29. The number of hydrogen-bond donors (Lipinski definition) is 2. The summed E-state index contributed by atoms with van der Waals surface area (Å²) in [6, 6.07) is 6.99. The molecule has 1 aliphatic heterocycles. The van der Waals surface area contributed by atoms with Crippen LogP contribution in [0.1, 0.15) is 11.6 Å². The van der Waals surface area contributed by atoms with E-state index in [9.17, 15) is 19.2 Å². The Kier molecular flexibility index (Phi) is 5.67. The molecule has 1 aromatic rings. The SMILES string of the molecule is COC(=O)/C=C/C(=O)OC[C@@H]1NC(=O)[C@H](c2ccccc2)NC1=O. The van der Waals surface area contributed by atoms with Gasteiger partial charge >= 0.3 is 11.9 Å². The normalized spacial score (nSPS) is 20.2. The highest BCUT2D eigenvalue weighted by atomic mass is 16.5. The Morgan fingerprint density at radius 1 is 1.04 bits per heavy atom. The van der Waals surface area contributed by atoms with E-state index in [1.54, 1.807) is 30.3 Å². The molecule has 0 aliphatic carbocycles. The van der Waals surface area contributed by atoms with Gasteiger partial charge in [-0.15, -0.1) is 0 Å². The molecule has 1 heterocycles. The first-order chi connectivity index (χ1) is 11.5. The van der Waals surface area contributed by atoms with E-state index in [2.05, 4.69) is 15.4 Å². The van der Waals surface area contributed by atoms with Crippen LogP contribution in [0, 0.1) is 0 Å². The van der Waals surface area contributed by atoms with Gasteiger partial charge in [-0.3, -0.25) is 9.59 Å². The molecule has 24 heavy (non-hydrogen) atoms. The van der Waals surface area contributed by atoms with Crippen molar-refractivity contribution in [3.8, 4) is 0 Å². The highest BCUT2D eigenvalue weighted by Gasteiger charge is 2.35. The second-order valence-electron chi connectivity index (χ2n) is 4.90. The summed E-state index contributed by atoms with van der Waals surface area (Å²) in [7, 11) is 1.17. The number of carbonyl (C=O) groups is 4. The van der Waals surface area contributed by atoms with Crippen LogP contribution in [-0.2, 0) is 28.7 Å². The topological polar surface area (TPSA) is 111 Å². The second kappa shape index (κ2) is 7.91. The summed E-state index contributed by atoms with van der Waals surface area (Å²) in [5, 5.41) is 5.08. The van der Waals surface area contributed by atoms with E-state index >= 15 is 0 Å². The quantitative estimate of drug-likeness (QED) is 0.561. The first-order valence-electron chi connectivity index (χ1n) is 7.09. The van der Waals surface area contributed by atoms with Crippen molar-refractivity contribution >= 4 is 23.8 Å². The van der Waals surface area contributed by atoms with Crippen LogP contribution in [-0.4, -0.2) is 43.5 Å². The molecule has 1 aromatic carbocycles. The largest absolute Gasteiger partial charge is 0.466 e. The summed E-state index contributed by atoms with van der Waals surface area (Å²) < 4.78 is 9.15. The Morgan fingerprint density at radius 3 is 2.38 bits per heavy atom. The standard InChI is InChI=1S/C16H16N2O6/c1-23-12(19)7-8-13(20)24-9-11-15(21)18-14(16(22)17-11)10-5-3-2-4-6-10/h2-8,11,14H,9H2,1H3,(H,17,22)(H,18,21)/b8-7+/t11-,14-/m0/s1. The van der Waals surface area contributed by atoms with Crippen molar-refractivity contribution < 1.29 is 28.7 Å². The van der Waals surface area contributed by atoms with Gasteiger partial charge in [0.1, 0.15) is 18.7 Å². The van der Waals surface area contributed by atoms with Gasteiger partial charge < -0.3 is 20.1 Å². The maximum atomic E-state index is 12.1. The summed E-state index contributed by atoms with van der Waals surface area (Å²) in [5.41, 5.74) is 0.653. The lowest BCUT2D eigenvalue weighted by Crippen LogP contribution is -2.59. The van der Waals surface area contributed by atoms with Crippen LogP contribution in [0.5, 0.6) is 0 Å². The third-order valence-electron chi connectivity index (χ3n) is 3.26. The van der Waals surface area contributed by atoms with Crippen molar-refractivity contribution in [1.82, 2.24) is 10.6 Å². The van der Waals surface area contributed by atoms with Gasteiger partial charge in [-0.1, -0.05) is 30.3 Å². The van der Waals surface area contributed by atoms with Gasteiger partial charge in [0.2, 0.25) is 11.8 Å². The maximum absolute atomic E-state index is 12.1. The fraction of sp³-hybridized carbons (Fsp3) is 0.250. The predicted molar refractivity (Wildman–Crippen MR) is 81.4 cm³/mol. The Balaban J connectivity index is 1.90. The van der Waals surface area contributed by atoms with Crippen LogP contribution in [0.25, 0.3) is 0 Å². The monoisotopic (exact) mass is 332 g/mol. The maximum Gasteiger partial charge on any atom is 0.331 e. The van der Waals surface area contributed by atoms with Gasteiger partial charge in [-0.2, -0.15) is 0 Å². The summed E-state index contributed by atoms with van der Waals surface area (Å²) in [6.45, 7) is -0.344. The molecular formula is C16H16N2O6. The highest BCUT2D eigenvalue weighted by molar-refractivity contribution is 5.98. The number of benzene rings is 1. The van der Waals surface area contributed by atoms with Crippen molar-refractivity contribution in [3.05, 3.63) is 48.0 Å². The molecule has 1 fully saturated rings. The van der Waals surface area contributed by atoms with Crippen LogP contribution in [0.4, 0.5) is 0 Å². The molecule has 2 rings (SSSR count). The molecule has 2 N–H and O–H groups in total. The average molecular weight is 332 g/mol. The Labute approximate surface area is 137 Å². The number of carbonyl (C=O) groups excluding carboxylic acids is 4. The molecule has 0 aromatic heterocycles. The minimum Gasteiger partial charge on any atom is -0.466 e. The number of ether oxygens (including phenoxy) is 2. The molecule has 1 saturated heterocycles. The Hall–Kier alpha value is -3.16. The minimum absolute atomic E-state index is 0.344. The number of methoxy groups -OCH3 is 1. The zero-order valence-corrected chi connectivity index (χ0v) is 12.9. The molecule has 8 heteroatoms. The number of amides is 2. The number of rotatable bonds is 5. The molecule has 2 atom stereocenters. The molecule has 0 spiro atoms. The van der Waals surface area contributed by atoms with E-state index in [0.29, 0.717) is 5.56 Å². The molecule has 0 radical (unpaired) electrons. The van der Waals surface area contributed by atoms with Crippen LogP contribution in [0.2, 0.25) is 0 Å². The van der Waals surface area contributed by atoms with E-state index in [4.69, 9.17) is 4.74 Å². The van der Waals surface area contributed by atoms with Crippen LogP contribution < -0.4 is 10.6 Å². The van der Waals surface area contributed by atoms with Crippen molar-refractivity contribution in [3.63, 3.8) is 0 Å². The van der Waals surface area contributed by atoms with Gasteiger partial charge in [0, 0.05) is 12.2 Å². The van der Waals surface area contributed by atoms with E-state index in [-0.39, 0.29) is 6.61 Å². The van der Waals surface area contributed by atoms with Gasteiger partial charge in [0.05, 0.1) is 7.11 Å². The molecule has 0 bridgehead atoms. The summed E-state index contributed by atoms with van der Waals surface area (Å²) in [6.07, 6.45) is 1.77. The Morgan fingerprint density at radius 2 is 1.71 bits per heavy atom. The zero-order valence-electron chi connectivity index (χ0n) is 12.9. The first kappa shape index (κ1) is 17.2. The van der Waals surface area contributed by atoms with Gasteiger partial charge in [-0.05, 0) is 5.56 Å². The summed E-state index contributed by atoms with van der Waals surface area (Å²) in [5.74, 6) is -2.39. The fourth-order valence-electron chi connectivity index (χ4n) is 2.04. The lowest BCUT2D eigenvalue weighted by molar-refractivity contribution is -0.145. The van der Waals surface area contributed by atoms with Crippen molar-refractivity contribution in [2.24, 2.45) is 0 Å². The van der Waals surface area contributed by atoms with E-state index in [0.717, 1.165) is 12.2 Å². The van der Waals surface area contributed by atoms with Crippen LogP contribution >= 0.6 is 0 Å². The number of esters is 2. The Bertz CT molecular complexity index is 670. The molecule has 126 valence electrons. The lowest BCUT2D eigenvalue weighted by atomic mass is 10.0. The van der Waals surface area contributed by atoms with E-state index < -0.39 is 35.8 Å². The van der Waals surface area contributed by atoms with E-state index in [1.165, 1.54) is 7.11 Å². The number of piperazine rings is 1. The second-order valence-corrected chi connectivity index (χ2v) is 4.90. The molecule has 8 nitrogen and oxygen atoms in total. The predicted octanol–water partition coefficient (Wildman–Crippen LogP) is -0.385. The fourth-order valence-corrected chi connectivity index (χ4v) is 2.04. The number of hydrogen-bond acceptors (Lipinski definition) is 6. The van der Waals surface area contributed by atoms with Gasteiger partial charge in [0.15, 0.2) is 0 Å². The van der Waals surface area contributed by atoms with Gasteiger partial charge in [0.25, 0.3) is 0 Å². The first-order valence-corrected chi connectivity index (χ1v) is 7.09. The molecule has 1 aliphatic rings. The third-order valence-corrected chi connectivity index (χ3v) is 3.26. The van der Waals surface area contributed by atoms with Crippen molar-refractivity contribution in [2.75, 3.05) is 13.7 Å². The molecule has 0 saturated carbocycles. The zero-order chi connectivity index (χ0) is 17.5. The van der Waals surface area contributed by atoms with Crippen LogP contribution in [0.3, 0.4) is 0 Å². The highest BCUT2D eigenvalue weighted by Crippen LogP contribution is 2.16. The van der Waals surface area contributed by atoms with Crippen molar-refractivity contribution in [2.45, 2.75) is 12.1 Å². The minimum atomic E-state index is -0.993. The summed E-state index contributed by atoms with van der Waals surface area (Å²) >= 11 is 0. The molecule has 0 unspecified atom stereocenters. The van der Waals surface area contributed by atoms with Crippen molar-refractivity contribution in [1.29, 1.82) is 0 Å². The van der Waals surface area contributed by atoms with Crippen LogP contribution in [0.15, 0.2) is 42.5 Å². The summed E-state index contributed by atoms with van der Waals surface area (Å²) in [4.78, 5) is 46.4. The smallest absolute Gasteiger partial charge is 0.331 e. The van der Waals surface area contributed by atoms with E-state index in [1.807, 2.05) is 0 Å². The third kappa shape index (κ3) is 4.42.